The van der Waals surface area contributed by atoms with E-state index in [1.54, 1.807) is 0 Å². The minimum atomic E-state index is 0.624. The fraction of sp³-hybridized carbons (Fsp3) is 0.478. The SMILES string of the molecule is CCC1CCC(CNCc2ccc(OCc3ccccc3)cc2)CC1. The van der Waals surface area contributed by atoms with Gasteiger partial charge in [0.2, 0.25) is 0 Å². The molecule has 0 amide bonds. The number of benzene rings is 2. The van der Waals surface area contributed by atoms with Gasteiger partial charge in [0.15, 0.2) is 0 Å². The summed E-state index contributed by atoms with van der Waals surface area (Å²) in [4.78, 5) is 0. The maximum absolute atomic E-state index is 5.85. The molecule has 1 saturated carbocycles. The van der Waals surface area contributed by atoms with Gasteiger partial charge in [0, 0.05) is 6.54 Å². The van der Waals surface area contributed by atoms with Crippen LogP contribution in [0.1, 0.15) is 50.2 Å². The zero-order chi connectivity index (χ0) is 17.3. The van der Waals surface area contributed by atoms with E-state index < -0.39 is 0 Å². The van der Waals surface area contributed by atoms with Crippen molar-refractivity contribution in [3.05, 3.63) is 65.7 Å². The molecule has 0 saturated heterocycles. The van der Waals surface area contributed by atoms with Crippen LogP contribution in [0.4, 0.5) is 0 Å². The molecule has 1 N–H and O–H groups in total. The molecule has 0 aromatic heterocycles. The molecule has 0 unspecified atom stereocenters. The fourth-order valence-corrected chi connectivity index (χ4v) is 3.71. The molecule has 0 spiro atoms. The largest absolute Gasteiger partial charge is 0.489 e. The topological polar surface area (TPSA) is 21.3 Å². The van der Waals surface area contributed by atoms with Crippen LogP contribution in [0, 0.1) is 11.8 Å². The first-order chi connectivity index (χ1) is 12.3. The monoisotopic (exact) mass is 337 g/mol. The zero-order valence-electron chi connectivity index (χ0n) is 15.4. The second-order valence-corrected chi connectivity index (χ2v) is 7.34. The molecule has 0 radical (unpaired) electrons. The predicted molar refractivity (Wildman–Crippen MR) is 105 cm³/mol. The van der Waals surface area contributed by atoms with Gasteiger partial charge in [-0.1, -0.05) is 68.7 Å². The van der Waals surface area contributed by atoms with E-state index in [0.29, 0.717) is 6.61 Å². The highest BCUT2D eigenvalue weighted by Crippen LogP contribution is 2.30. The van der Waals surface area contributed by atoms with Crippen molar-refractivity contribution in [2.24, 2.45) is 11.8 Å². The van der Waals surface area contributed by atoms with Crippen molar-refractivity contribution in [1.29, 1.82) is 0 Å². The first-order valence-corrected chi connectivity index (χ1v) is 9.80. The maximum Gasteiger partial charge on any atom is 0.119 e. The van der Waals surface area contributed by atoms with Crippen LogP contribution in [0.5, 0.6) is 5.75 Å². The van der Waals surface area contributed by atoms with Crippen LogP contribution in [0.2, 0.25) is 0 Å². The molecule has 2 heteroatoms. The maximum atomic E-state index is 5.85. The summed E-state index contributed by atoms with van der Waals surface area (Å²) in [6.07, 6.45) is 7.01. The first kappa shape index (κ1) is 18.0. The van der Waals surface area contributed by atoms with Gasteiger partial charge in [0.05, 0.1) is 0 Å². The van der Waals surface area contributed by atoms with Crippen molar-refractivity contribution in [2.75, 3.05) is 6.54 Å². The summed E-state index contributed by atoms with van der Waals surface area (Å²) in [7, 11) is 0. The molecule has 1 aliphatic rings. The Labute approximate surface area is 152 Å². The second-order valence-electron chi connectivity index (χ2n) is 7.34. The van der Waals surface area contributed by atoms with Crippen LogP contribution in [0.25, 0.3) is 0 Å². The zero-order valence-corrected chi connectivity index (χ0v) is 15.4. The van der Waals surface area contributed by atoms with E-state index in [4.69, 9.17) is 4.74 Å². The smallest absolute Gasteiger partial charge is 0.119 e. The Balaban J connectivity index is 1.36. The lowest BCUT2D eigenvalue weighted by atomic mass is 9.81. The van der Waals surface area contributed by atoms with Gasteiger partial charge >= 0.3 is 0 Å². The van der Waals surface area contributed by atoms with E-state index >= 15 is 0 Å². The van der Waals surface area contributed by atoms with E-state index in [2.05, 4.69) is 48.6 Å². The Morgan fingerprint density at radius 1 is 0.840 bits per heavy atom. The molecule has 3 rings (SSSR count). The van der Waals surface area contributed by atoms with Crippen LogP contribution in [-0.2, 0) is 13.2 Å². The van der Waals surface area contributed by atoms with Gasteiger partial charge in [-0.25, -0.2) is 0 Å². The molecule has 0 heterocycles. The molecule has 2 aromatic carbocycles. The first-order valence-electron chi connectivity index (χ1n) is 9.80. The van der Waals surface area contributed by atoms with Crippen molar-refractivity contribution in [2.45, 2.75) is 52.2 Å². The van der Waals surface area contributed by atoms with E-state index in [9.17, 15) is 0 Å². The summed E-state index contributed by atoms with van der Waals surface area (Å²) < 4.78 is 5.85. The van der Waals surface area contributed by atoms with E-state index in [1.807, 2.05) is 18.2 Å². The molecule has 25 heavy (non-hydrogen) atoms. The van der Waals surface area contributed by atoms with Crippen LogP contribution < -0.4 is 10.1 Å². The number of nitrogens with one attached hydrogen (secondary N) is 1. The average Bonchev–Trinajstić information content (AvgIpc) is 2.69. The summed E-state index contributed by atoms with van der Waals surface area (Å²) in [5.74, 6) is 2.79. The summed E-state index contributed by atoms with van der Waals surface area (Å²) >= 11 is 0. The Kier molecular flexibility index (Phi) is 6.93. The normalized spacial score (nSPS) is 20.4. The molecular weight excluding hydrogens is 306 g/mol. The van der Waals surface area contributed by atoms with E-state index in [0.717, 1.165) is 30.7 Å². The Morgan fingerprint density at radius 3 is 2.20 bits per heavy atom. The summed E-state index contributed by atoms with van der Waals surface area (Å²) in [6, 6.07) is 18.8. The lowest BCUT2D eigenvalue weighted by molar-refractivity contribution is 0.262. The van der Waals surface area contributed by atoms with Crippen LogP contribution in [0.15, 0.2) is 54.6 Å². The van der Waals surface area contributed by atoms with Gasteiger partial charge in [-0.15, -0.1) is 0 Å². The van der Waals surface area contributed by atoms with Gasteiger partial charge in [0.1, 0.15) is 12.4 Å². The summed E-state index contributed by atoms with van der Waals surface area (Å²) in [5.41, 5.74) is 2.53. The molecule has 0 bridgehead atoms. The average molecular weight is 338 g/mol. The molecule has 1 fully saturated rings. The molecule has 1 aliphatic carbocycles. The second kappa shape index (κ2) is 9.62. The quantitative estimate of drug-likeness (QED) is 0.680. The third kappa shape index (κ3) is 5.89. The molecule has 0 atom stereocenters. The van der Waals surface area contributed by atoms with Crippen molar-refractivity contribution in [1.82, 2.24) is 5.32 Å². The number of hydrogen-bond donors (Lipinski definition) is 1. The minimum Gasteiger partial charge on any atom is -0.489 e. The van der Waals surface area contributed by atoms with Crippen molar-refractivity contribution in [3.8, 4) is 5.75 Å². The summed E-state index contributed by atoms with van der Waals surface area (Å²) in [5, 5.41) is 3.64. The van der Waals surface area contributed by atoms with Crippen LogP contribution in [-0.4, -0.2) is 6.54 Å². The third-order valence-corrected chi connectivity index (χ3v) is 5.48. The van der Waals surface area contributed by atoms with Crippen molar-refractivity contribution in [3.63, 3.8) is 0 Å². The number of hydrogen-bond acceptors (Lipinski definition) is 2. The van der Waals surface area contributed by atoms with Crippen LogP contribution in [0.3, 0.4) is 0 Å². The van der Waals surface area contributed by atoms with E-state index in [-0.39, 0.29) is 0 Å². The highest BCUT2D eigenvalue weighted by molar-refractivity contribution is 5.27. The Morgan fingerprint density at radius 2 is 1.52 bits per heavy atom. The highest BCUT2D eigenvalue weighted by Gasteiger charge is 2.19. The molecule has 0 aliphatic heterocycles. The Bertz CT molecular complexity index is 600. The van der Waals surface area contributed by atoms with Crippen molar-refractivity contribution >= 4 is 0 Å². The lowest BCUT2D eigenvalue weighted by Gasteiger charge is -2.27. The van der Waals surface area contributed by atoms with Crippen molar-refractivity contribution < 1.29 is 4.74 Å². The molecule has 134 valence electrons. The van der Waals surface area contributed by atoms with Gasteiger partial charge in [-0.05, 0) is 54.5 Å². The molecule has 2 aromatic rings. The van der Waals surface area contributed by atoms with Gasteiger partial charge in [-0.3, -0.25) is 0 Å². The number of ether oxygens (including phenoxy) is 1. The van der Waals surface area contributed by atoms with Gasteiger partial charge in [0.25, 0.3) is 0 Å². The standard InChI is InChI=1S/C23H31NO/c1-2-19-8-10-20(11-9-19)16-24-17-21-12-14-23(15-13-21)25-18-22-6-4-3-5-7-22/h3-7,12-15,19-20,24H,2,8-11,16-18H2,1H3. The van der Waals surface area contributed by atoms with Gasteiger partial charge in [-0.2, -0.15) is 0 Å². The molecular formula is C23H31NO. The van der Waals surface area contributed by atoms with Gasteiger partial charge < -0.3 is 10.1 Å². The summed E-state index contributed by atoms with van der Waals surface area (Å²) in [6.45, 7) is 5.06. The highest BCUT2D eigenvalue weighted by atomic mass is 16.5. The minimum absolute atomic E-state index is 0.624. The number of rotatable bonds is 8. The Hall–Kier alpha value is -1.80. The van der Waals surface area contributed by atoms with Crippen LogP contribution >= 0.6 is 0 Å². The lowest BCUT2D eigenvalue weighted by Crippen LogP contribution is -2.26. The molecule has 2 nitrogen and oxygen atoms in total. The third-order valence-electron chi connectivity index (χ3n) is 5.48. The fourth-order valence-electron chi connectivity index (χ4n) is 3.71. The predicted octanol–water partition coefficient (Wildman–Crippen LogP) is 5.57. The van der Waals surface area contributed by atoms with E-state index in [1.165, 1.54) is 43.2 Å².